The van der Waals surface area contributed by atoms with Crippen molar-refractivity contribution in [2.24, 2.45) is 0 Å². The number of hydrogen-bond acceptors (Lipinski definition) is 4. The van der Waals surface area contributed by atoms with Crippen LogP contribution in [-0.4, -0.2) is 48.0 Å². The van der Waals surface area contributed by atoms with Crippen LogP contribution >= 0.6 is 0 Å². The molecule has 1 aromatic carbocycles. The van der Waals surface area contributed by atoms with Crippen LogP contribution in [0.4, 0.5) is 0 Å². The number of fused-ring (bicyclic) bond motifs is 1. The zero-order chi connectivity index (χ0) is 22.2. The number of para-hydroxylation sites is 1. The average Bonchev–Trinajstić information content (AvgIpc) is 3.50. The van der Waals surface area contributed by atoms with E-state index in [2.05, 4.69) is 5.10 Å². The molecule has 0 aliphatic carbocycles. The minimum atomic E-state index is -0.679. The second-order valence-electron chi connectivity index (χ2n) is 8.28. The lowest BCUT2D eigenvalue weighted by Crippen LogP contribution is -2.42. The number of aromatic nitrogens is 5. The van der Waals surface area contributed by atoms with Gasteiger partial charge >= 0.3 is 0 Å². The third-order valence-corrected chi connectivity index (χ3v) is 6.13. The number of carbonyl (C=O) groups is 1. The lowest BCUT2D eigenvalue weighted by Gasteiger charge is -2.29. The smallest absolute Gasteiger partial charge is 0.280 e. The first-order chi connectivity index (χ1) is 15.6. The number of amides is 1. The highest BCUT2D eigenvalue weighted by Crippen LogP contribution is 2.25. The van der Waals surface area contributed by atoms with Crippen molar-refractivity contribution in [3.63, 3.8) is 0 Å². The molecule has 1 fully saturated rings. The summed E-state index contributed by atoms with van der Waals surface area (Å²) in [6.45, 7) is 5.06. The van der Waals surface area contributed by atoms with E-state index in [1.165, 1.54) is 4.68 Å². The van der Waals surface area contributed by atoms with Crippen LogP contribution in [0, 0.1) is 6.92 Å². The van der Waals surface area contributed by atoms with Crippen LogP contribution in [0.1, 0.15) is 37.9 Å². The standard InChI is InChI=1S/C24H26N6O2/c1-17-21-20(24(32)29(25-17)18(2)23(31)28-15-7-4-8-16-28)22(27-13-9-10-14-27)30(26-21)19-11-5-3-6-12-19/h3,5-6,9-14,18H,4,7-8,15-16H2,1-2H3/t18-/m1/s1. The van der Waals surface area contributed by atoms with Crippen molar-refractivity contribution < 1.29 is 4.79 Å². The Kier molecular flexibility index (Phi) is 5.13. The Morgan fingerprint density at radius 2 is 1.66 bits per heavy atom. The van der Waals surface area contributed by atoms with Crippen LogP contribution in [0.25, 0.3) is 22.4 Å². The van der Waals surface area contributed by atoms with Gasteiger partial charge in [0.2, 0.25) is 5.91 Å². The lowest BCUT2D eigenvalue weighted by atomic mass is 10.1. The van der Waals surface area contributed by atoms with Gasteiger partial charge in [0.1, 0.15) is 16.9 Å². The fourth-order valence-corrected chi connectivity index (χ4v) is 4.44. The van der Waals surface area contributed by atoms with Gasteiger partial charge in [0.15, 0.2) is 5.82 Å². The molecular weight excluding hydrogens is 404 g/mol. The lowest BCUT2D eigenvalue weighted by molar-refractivity contribution is -0.135. The van der Waals surface area contributed by atoms with Gasteiger partial charge in [-0.25, -0.2) is 9.36 Å². The van der Waals surface area contributed by atoms with Gasteiger partial charge in [-0.15, -0.1) is 0 Å². The van der Waals surface area contributed by atoms with E-state index in [0.29, 0.717) is 22.4 Å². The quantitative estimate of drug-likeness (QED) is 0.498. The molecule has 0 radical (unpaired) electrons. The second kappa shape index (κ2) is 8.11. The van der Waals surface area contributed by atoms with Crippen LogP contribution in [0.5, 0.6) is 0 Å². The average molecular weight is 431 g/mol. The van der Waals surface area contributed by atoms with Crippen molar-refractivity contribution in [1.82, 2.24) is 29.0 Å². The highest BCUT2D eigenvalue weighted by Gasteiger charge is 2.28. The van der Waals surface area contributed by atoms with E-state index in [1.807, 2.05) is 71.2 Å². The van der Waals surface area contributed by atoms with Gasteiger partial charge in [-0.1, -0.05) is 18.2 Å². The van der Waals surface area contributed by atoms with E-state index in [-0.39, 0.29) is 11.5 Å². The molecule has 1 aliphatic rings. The number of piperidine rings is 1. The van der Waals surface area contributed by atoms with Gasteiger partial charge in [-0.3, -0.25) is 9.59 Å². The topological polar surface area (TPSA) is 78.0 Å². The van der Waals surface area contributed by atoms with Crippen molar-refractivity contribution in [1.29, 1.82) is 0 Å². The van der Waals surface area contributed by atoms with Crippen molar-refractivity contribution in [2.75, 3.05) is 13.1 Å². The van der Waals surface area contributed by atoms with E-state index in [1.54, 1.807) is 11.6 Å². The monoisotopic (exact) mass is 430 g/mol. The molecule has 8 nitrogen and oxygen atoms in total. The van der Waals surface area contributed by atoms with Crippen LogP contribution in [0.3, 0.4) is 0 Å². The number of nitrogens with zero attached hydrogens (tertiary/aromatic N) is 6. The van der Waals surface area contributed by atoms with Crippen LogP contribution < -0.4 is 5.56 Å². The van der Waals surface area contributed by atoms with Crippen molar-refractivity contribution in [2.45, 2.75) is 39.2 Å². The zero-order valence-electron chi connectivity index (χ0n) is 18.3. The SMILES string of the molecule is Cc1nn([C@H](C)C(=O)N2CCCCC2)c(=O)c2c(-n3cccc3)n(-c3ccccc3)nc12. The van der Waals surface area contributed by atoms with Gasteiger partial charge in [-0.05, 0) is 57.4 Å². The summed E-state index contributed by atoms with van der Waals surface area (Å²) >= 11 is 0. The van der Waals surface area contributed by atoms with E-state index in [9.17, 15) is 9.59 Å². The second-order valence-corrected chi connectivity index (χ2v) is 8.28. The molecule has 0 bridgehead atoms. The summed E-state index contributed by atoms with van der Waals surface area (Å²) in [6, 6.07) is 12.8. The fourth-order valence-electron chi connectivity index (χ4n) is 4.44. The van der Waals surface area contributed by atoms with Crippen LogP contribution in [-0.2, 0) is 4.79 Å². The van der Waals surface area contributed by atoms with Gasteiger partial charge < -0.3 is 9.47 Å². The normalized spacial score (nSPS) is 15.2. The van der Waals surface area contributed by atoms with E-state index in [0.717, 1.165) is 38.0 Å². The number of aryl methyl sites for hydroxylation is 1. The van der Waals surface area contributed by atoms with Gasteiger partial charge in [0.25, 0.3) is 5.56 Å². The number of likely N-dealkylation sites (tertiary alicyclic amines) is 1. The van der Waals surface area contributed by atoms with Gasteiger partial charge in [0.05, 0.1) is 11.4 Å². The molecule has 0 spiro atoms. The van der Waals surface area contributed by atoms with E-state index < -0.39 is 6.04 Å². The Hall–Kier alpha value is -3.68. The molecule has 1 saturated heterocycles. The maximum Gasteiger partial charge on any atom is 0.280 e. The molecular formula is C24H26N6O2. The summed E-state index contributed by atoms with van der Waals surface area (Å²) in [7, 11) is 0. The molecule has 4 aromatic rings. The summed E-state index contributed by atoms with van der Waals surface area (Å²) < 4.78 is 4.98. The summed E-state index contributed by atoms with van der Waals surface area (Å²) in [6.07, 6.45) is 6.91. The molecule has 1 aliphatic heterocycles. The maximum atomic E-state index is 13.7. The third kappa shape index (κ3) is 3.32. The molecule has 0 N–H and O–H groups in total. The molecule has 1 atom stereocenters. The van der Waals surface area contributed by atoms with Crippen molar-refractivity contribution >= 4 is 16.8 Å². The highest BCUT2D eigenvalue weighted by atomic mass is 16.2. The number of rotatable bonds is 4. The number of carbonyl (C=O) groups excluding carboxylic acids is 1. The van der Waals surface area contributed by atoms with E-state index in [4.69, 9.17) is 5.10 Å². The van der Waals surface area contributed by atoms with Gasteiger partial charge in [0, 0.05) is 25.5 Å². The Morgan fingerprint density at radius 3 is 2.34 bits per heavy atom. The molecule has 8 heteroatoms. The first-order valence-corrected chi connectivity index (χ1v) is 11.1. The Balaban J connectivity index is 1.71. The maximum absolute atomic E-state index is 13.7. The number of benzene rings is 1. The molecule has 1 amide bonds. The summed E-state index contributed by atoms with van der Waals surface area (Å²) in [5.41, 5.74) is 1.68. The highest BCUT2D eigenvalue weighted by molar-refractivity contribution is 5.88. The predicted molar refractivity (Wildman–Crippen MR) is 122 cm³/mol. The van der Waals surface area contributed by atoms with Crippen LogP contribution in [0.2, 0.25) is 0 Å². The Bertz CT molecular complexity index is 1310. The molecule has 0 unspecified atom stereocenters. The summed E-state index contributed by atoms with van der Waals surface area (Å²) in [5, 5.41) is 9.73. The molecule has 5 rings (SSSR count). The van der Waals surface area contributed by atoms with Gasteiger partial charge in [-0.2, -0.15) is 10.2 Å². The minimum absolute atomic E-state index is 0.0592. The first kappa shape index (κ1) is 20.2. The zero-order valence-corrected chi connectivity index (χ0v) is 18.3. The van der Waals surface area contributed by atoms with Crippen molar-refractivity contribution in [3.8, 4) is 11.5 Å². The largest absolute Gasteiger partial charge is 0.341 e. The summed E-state index contributed by atoms with van der Waals surface area (Å²) in [4.78, 5) is 28.7. The molecule has 164 valence electrons. The number of hydrogen-bond donors (Lipinski definition) is 0. The predicted octanol–water partition coefficient (Wildman–Crippen LogP) is 3.25. The molecule has 32 heavy (non-hydrogen) atoms. The molecule has 3 aromatic heterocycles. The fraction of sp³-hybridized carbons (Fsp3) is 0.333. The molecule has 0 saturated carbocycles. The van der Waals surface area contributed by atoms with Crippen LogP contribution in [0.15, 0.2) is 59.7 Å². The summed E-state index contributed by atoms with van der Waals surface area (Å²) in [5.74, 6) is 0.578. The van der Waals surface area contributed by atoms with Crippen molar-refractivity contribution in [3.05, 3.63) is 70.9 Å². The molecule has 4 heterocycles. The Labute approximate surface area is 185 Å². The Morgan fingerprint density at radius 1 is 0.969 bits per heavy atom. The third-order valence-electron chi connectivity index (χ3n) is 6.13. The first-order valence-electron chi connectivity index (χ1n) is 11.1. The minimum Gasteiger partial charge on any atom is -0.341 e. The van der Waals surface area contributed by atoms with E-state index >= 15 is 0 Å².